The zero-order chi connectivity index (χ0) is 17.0. The third-order valence-electron chi connectivity index (χ3n) is 9.55. The molecule has 0 radical (unpaired) electrons. The summed E-state index contributed by atoms with van der Waals surface area (Å²) in [7, 11) is 0. The van der Waals surface area contributed by atoms with Gasteiger partial charge >= 0.3 is 5.97 Å². The summed E-state index contributed by atoms with van der Waals surface area (Å²) in [5.74, 6) is 3.01. The molecule has 8 atom stereocenters. The lowest BCUT2D eigenvalue weighted by atomic mass is 9.52. The highest BCUT2D eigenvalue weighted by atomic mass is 16.6. The SMILES string of the molecule is CC1CN2[C@H]3C1CC[C@]31CCC(=O)O[C@]1(C)[C@H]1CC[C@H]3CCC=C3[C@@H]12. The summed E-state index contributed by atoms with van der Waals surface area (Å²) in [6, 6.07) is 1.21. The van der Waals surface area contributed by atoms with Gasteiger partial charge < -0.3 is 4.74 Å². The number of fused-ring (bicyclic) bond motifs is 5. The molecule has 0 N–H and O–H groups in total. The molecule has 0 aromatic rings. The van der Waals surface area contributed by atoms with Crippen LogP contribution in [0.15, 0.2) is 11.6 Å². The Labute approximate surface area is 151 Å². The van der Waals surface area contributed by atoms with Crippen LogP contribution in [0, 0.1) is 29.1 Å². The minimum absolute atomic E-state index is 0.0670. The average molecular weight is 341 g/mol. The second-order valence-corrected chi connectivity index (χ2v) is 10.2. The summed E-state index contributed by atoms with van der Waals surface area (Å²) in [4.78, 5) is 15.3. The van der Waals surface area contributed by atoms with Gasteiger partial charge in [-0.3, -0.25) is 9.69 Å². The van der Waals surface area contributed by atoms with Gasteiger partial charge in [0.1, 0.15) is 5.60 Å². The number of hydrogen-bond donors (Lipinski definition) is 0. The molecule has 3 aliphatic heterocycles. The van der Waals surface area contributed by atoms with Gasteiger partial charge in [0, 0.05) is 36.4 Å². The Morgan fingerprint density at radius 2 is 2.08 bits per heavy atom. The van der Waals surface area contributed by atoms with Crippen LogP contribution in [0.3, 0.4) is 0 Å². The summed E-state index contributed by atoms with van der Waals surface area (Å²) >= 11 is 0. The summed E-state index contributed by atoms with van der Waals surface area (Å²) in [5.41, 5.74) is 1.72. The predicted octanol–water partition coefficient (Wildman–Crippen LogP) is 3.93. The van der Waals surface area contributed by atoms with Crippen molar-refractivity contribution in [1.82, 2.24) is 4.90 Å². The van der Waals surface area contributed by atoms with Crippen molar-refractivity contribution in [2.75, 3.05) is 6.54 Å². The fourth-order valence-corrected chi connectivity index (χ4v) is 8.62. The Balaban J connectivity index is 1.54. The first kappa shape index (κ1) is 15.2. The highest BCUT2D eigenvalue weighted by molar-refractivity contribution is 5.71. The maximum atomic E-state index is 12.4. The van der Waals surface area contributed by atoms with E-state index in [4.69, 9.17) is 4.74 Å². The van der Waals surface area contributed by atoms with Gasteiger partial charge in [0.2, 0.25) is 0 Å². The molecule has 6 aliphatic rings. The van der Waals surface area contributed by atoms with E-state index in [9.17, 15) is 4.79 Å². The van der Waals surface area contributed by atoms with E-state index in [1.807, 2.05) is 0 Å². The maximum Gasteiger partial charge on any atom is 0.306 e. The quantitative estimate of drug-likeness (QED) is 0.494. The van der Waals surface area contributed by atoms with Crippen LogP contribution < -0.4 is 0 Å². The van der Waals surface area contributed by atoms with Gasteiger partial charge in [0.15, 0.2) is 0 Å². The fourth-order valence-electron chi connectivity index (χ4n) is 8.62. The van der Waals surface area contributed by atoms with Crippen molar-refractivity contribution >= 4 is 5.97 Å². The van der Waals surface area contributed by atoms with E-state index in [-0.39, 0.29) is 17.0 Å². The molecule has 0 aromatic heterocycles. The van der Waals surface area contributed by atoms with Gasteiger partial charge in [0.05, 0.1) is 0 Å². The molecule has 0 bridgehead atoms. The average Bonchev–Trinajstić information content (AvgIpc) is 3.27. The van der Waals surface area contributed by atoms with Crippen molar-refractivity contribution in [3.63, 3.8) is 0 Å². The minimum atomic E-state index is -0.235. The molecule has 3 saturated heterocycles. The standard InChI is InChI=1S/C22H31NO2/c1-13-12-23-19-16-5-3-4-14(16)6-7-17(19)21(2)22(11-9-18(24)25-21)10-8-15(13)20(22)23/h5,13-15,17,19-20H,3-4,6-12H2,1-2H3/t13?,14-,15?,17+,19+,20+,21-,22+/m1/s1. The van der Waals surface area contributed by atoms with E-state index >= 15 is 0 Å². The second kappa shape index (κ2) is 4.71. The van der Waals surface area contributed by atoms with Gasteiger partial charge in [-0.15, -0.1) is 0 Å². The largest absolute Gasteiger partial charge is 0.458 e. The van der Waals surface area contributed by atoms with Crippen LogP contribution in [0.2, 0.25) is 0 Å². The number of piperidine rings is 1. The molecule has 0 aromatic carbocycles. The van der Waals surface area contributed by atoms with Crippen molar-refractivity contribution < 1.29 is 9.53 Å². The minimum Gasteiger partial charge on any atom is -0.458 e. The third-order valence-corrected chi connectivity index (χ3v) is 9.55. The number of carbonyl (C=O) groups is 1. The van der Waals surface area contributed by atoms with Crippen LogP contribution in [0.1, 0.15) is 65.2 Å². The van der Waals surface area contributed by atoms with E-state index in [1.54, 1.807) is 5.57 Å². The van der Waals surface area contributed by atoms with Crippen molar-refractivity contribution in [1.29, 1.82) is 0 Å². The number of nitrogens with zero attached hydrogens (tertiary/aromatic N) is 1. The monoisotopic (exact) mass is 341 g/mol. The normalized spacial score (nSPS) is 56.6. The van der Waals surface area contributed by atoms with Gasteiger partial charge in [-0.25, -0.2) is 0 Å². The molecule has 3 heterocycles. The molecule has 2 saturated carbocycles. The molecule has 136 valence electrons. The maximum absolute atomic E-state index is 12.4. The van der Waals surface area contributed by atoms with E-state index < -0.39 is 0 Å². The Morgan fingerprint density at radius 1 is 1.20 bits per heavy atom. The van der Waals surface area contributed by atoms with E-state index in [0.29, 0.717) is 24.4 Å². The van der Waals surface area contributed by atoms with Crippen molar-refractivity contribution in [2.24, 2.45) is 29.1 Å². The molecule has 6 rings (SSSR count). The molecule has 25 heavy (non-hydrogen) atoms. The zero-order valence-corrected chi connectivity index (χ0v) is 15.7. The predicted molar refractivity (Wildman–Crippen MR) is 95.9 cm³/mol. The first-order valence-corrected chi connectivity index (χ1v) is 10.7. The van der Waals surface area contributed by atoms with Crippen LogP contribution in [0.4, 0.5) is 0 Å². The van der Waals surface area contributed by atoms with Crippen LogP contribution in [0.5, 0.6) is 0 Å². The first-order valence-electron chi connectivity index (χ1n) is 10.7. The number of ether oxygens (including phenoxy) is 1. The highest BCUT2D eigenvalue weighted by Crippen LogP contribution is 2.69. The van der Waals surface area contributed by atoms with Crippen molar-refractivity contribution in [3.05, 3.63) is 11.6 Å². The molecular formula is C22H31NO2. The molecule has 1 spiro atoms. The highest BCUT2D eigenvalue weighted by Gasteiger charge is 2.73. The van der Waals surface area contributed by atoms with Crippen LogP contribution in [-0.2, 0) is 9.53 Å². The summed E-state index contributed by atoms with van der Waals surface area (Å²) in [6.07, 6.45) is 12.1. The van der Waals surface area contributed by atoms with Crippen LogP contribution in [0.25, 0.3) is 0 Å². The summed E-state index contributed by atoms with van der Waals surface area (Å²) in [5, 5.41) is 0. The van der Waals surface area contributed by atoms with Gasteiger partial charge in [0.25, 0.3) is 0 Å². The molecule has 3 aliphatic carbocycles. The fraction of sp³-hybridized carbons (Fsp3) is 0.864. The number of rotatable bonds is 0. The molecule has 0 amide bonds. The lowest BCUT2D eigenvalue weighted by Gasteiger charge is -2.65. The molecule has 5 fully saturated rings. The van der Waals surface area contributed by atoms with Gasteiger partial charge in [-0.05, 0) is 69.6 Å². The molecule has 3 nitrogen and oxygen atoms in total. The molecular weight excluding hydrogens is 310 g/mol. The Hall–Kier alpha value is -0.830. The van der Waals surface area contributed by atoms with Crippen molar-refractivity contribution in [3.8, 4) is 0 Å². The smallest absolute Gasteiger partial charge is 0.306 e. The van der Waals surface area contributed by atoms with E-state index in [0.717, 1.165) is 24.2 Å². The molecule has 2 unspecified atom stereocenters. The van der Waals surface area contributed by atoms with E-state index in [2.05, 4.69) is 24.8 Å². The third kappa shape index (κ3) is 1.62. The Morgan fingerprint density at radius 3 is 2.96 bits per heavy atom. The number of esters is 1. The van der Waals surface area contributed by atoms with Crippen molar-refractivity contribution in [2.45, 2.75) is 82.9 Å². The summed E-state index contributed by atoms with van der Waals surface area (Å²) < 4.78 is 6.37. The lowest BCUT2D eigenvalue weighted by molar-refractivity contribution is -0.242. The van der Waals surface area contributed by atoms with Crippen LogP contribution >= 0.6 is 0 Å². The number of hydrogen-bond acceptors (Lipinski definition) is 3. The topological polar surface area (TPSA) is 29.5 Å². The second-order valence-electron chi connectivity index (χ2n) is 10.2. The van der Waals surface area contributed by atoms with E-state index in [1.165, 1.54) is 45.1 Å². The molecule has 3 heteroatoms. The Kier molecular flexibility index (Phi) is 2.87. The number of allylic oxidation sites excluding steroid dienone is 1. The zero-order valence-electron chi connectivity index (χ0n) is 15.7. The van der Waals surface area contributed by atoms with Gasteiger partial charge in [-0.1, -0.05) is 18.6 Å². The lowest BCUT2D eigenvalue weighted by Crippen LogP contribution is -2.73. The van der Waals surface area contributed by atoms with Crippen LogP contribution in [-0.4, -0.2) is 35.1 Å². The number of carbonyl (C=O) groups excluding carboxylic acids is 1. The van der Waals surface area contributed by atoms with Gasteiger partial charge in [-0.2, -0.15) is 0 Å². The summed E-state index contributed by atoms with van der Waals surface area (Å²) in [6.45, 7) is 6.10. The Bertz CT molecular complexity index is 671. The first-order chi connectivity index (χ1) is 12.1.